The highest BCUT2D eigenvalue weighted by molar-refractivity contribution is 7.86. The van der Waals surface area contributed by atoms with E-state index in [1.54, 1.807) is 0 Å². The molecule has 1 aromatic heterocycles. The van der Waals surface area contributed by atoms with E-state index >= 15 is 0 Å². The fraction of sp³-hybridized carbons (Fsp3) is 0.294. The summed E-state index contributed by atoms with van der Waals surface area (Å²) in [5.74, 6) is -3.83. The second-order valence-corrected chi connectivity index (χ2v) is 7.77. The Morgan fingerprint density at radius 3 is 2.47 bits per heavy atom. The minimum atomic E-state index is -4.82. The van der Waals surface area contributed by atoms with E-state index in [0.29, 0.717) is 25.3 Å². The van der Waals surface area contributed by atoms with Crippen LogP contribution < -0.4 is 10.2 Å². The van der Waals surface area contributed by atoms with E-state index in [9.17, 15) is 33.3 Å². The molecule has 5 N–H and O–H groups in total. The first-order chi connectivity index (χ1) is 15.0. The molecule has 1 amide bonds. The third kappa shape index (κ3) is 6.28. The maximum absolute atomic E-state index is 12.1. The van der Waals surface area contributed by atoms with Crippen molar-refractivity contribution in [1.29, 1.82) is 0 Å². The lowest BCUT2D eigenvalue weighted by atomic mass is 10.1. The van der Waals surface area contributed by atoms with Crippen LogP contribution in [0.2, 0.25) is 0 Å². The summed E-state index contributed by atoms with van der Waals surface area (Å²) >= 11 is 0. The van der Waals surface area contributed by atoms with E-state index < -0.39 is 38.7 Å². The predicted octanol–water partition coefficient (Wildman–Crippen LogP) is 1.74. The molecule has 0 radical (unpaired) electrons. The molecule has 0 bridgehead atoms. The van der Waals surface area contributed by atoms with Gasteiger partial charge < -0.3 is 25.5 Å². The molecule has 0 aliphatic carbocycles. The van der Waals surface area contributed by atoms with E-state index in [4.69, 9.17) is 10.1 Å². The number of hydrogen-bond acceptors (Lipinski definition) is 9. The number of phenolic OH excluding ortho intramolecular Hbond substituents is 1. The van der Waals surface area contributed by atoms with Gasteiger partial charge in [-0.3, -0.25) is 9.35 Å². The van der Waals surface area contributed by atoms with Gasteiger partial charge >= 0.3 is 5.97 Å². The van der Waals surface area contributed by atoms with Crippen LogP contribution in [0.5, 0.6) is 17.5 Å². The fourth-order valence-electron chi connectivity index (χ4n) is 2.57. The van der Waals surface area contributed by atoms with Gasteiger partial charge in [-0.15, -0.1) is 4.73 Å². The Labute approximate surface area is 181 Å². The van der Waals surface area contributed by atoms with E-state index in [1.165, 1.54) is 12.1 Å². The molecule has 2 rings (SSSR count). The second-order valence-electron chi connectivity index (χ2n) is 6.38. The summed E-state index contributed by atoms with van der Waals surface area (Å²) in [6, 6.07) is 4.35. The Hall–Kier alpha value is -3.94. The number of azide groups is 1. The van der Waals surface area contributed by atoms with Crippen LogP contribution in [0.4, 0.5) is 5.69 Å². The smallest absolute Gasteiger partial charge is 0.333 e. The maximum Gasteiger partial charge on any atom is 0.333 e. The molecule has 0 atom stereocenters. The van der Waals surface area contributed by atoms with Crippen molar-refractivity contribution >= 4 is 27.7 Å². The van der Waals surface area contributed by atoms with Crippen molar-refractivity contribution in [2.75, 3.05) is 6.54 Å². The Kier molecular flexibility index (Phi) is 7.90. The van der Waals surface area contributed by atoms with Gasteiger partial charge in [-0.05, 0) is 30.5 Å². The van der Waals surface area contributed by atoms with Gasteiger partial charge in [-0.2, -0.15) is 8.42 Å². The highest BCUT2D eigenvalue weighted by Crippen LogP contribution is 2.30. The van der Waals surface area contributed by atoms with Gasteiger partial charge in [0.15, 0.2) is 4.90 Å². The monoisotopic (exact) mass is 469 g/mol. The number of hydrogen-bond donors (Lipinski definition) is 5. The number of nitrogens with zero attached hydrogens (tertiary/aromatic N) is 4. The Morgan fingerprint density at radius 1 is 1.16 bits per heavy atom. The van der Waals surface area contributed by atoms with Crippen LogP contribution in [0.1, 0.15) is 36.0 Å². The average molecular weight is 469 g/mol. The molecular weight excluding hydrogens is 450 g/mol. The van der Waals surface area contributed by atoms with Gasteiger partial charge in [0.05, 0.1) is 5.56 Å². The van der Waals surface area contributed by atoms with Crippen molar-refractivity contribution in [2.45, 2.75) is 30.6 Å². The summed E-state index contributed by atoms with van der Waals surface area (Å²) in [5.41, 5.74) is 8.51. The second kappa shape index (κ2) is 10.4. The Balaban J connectivity index is 1.74. The van der Waals surface area contributed by atoms with Crippen molar-refractivity contribution in [1.82, 2.24) is 10.0 Å². The lowest BCUT2D eigenvalue weighted by Crippen LogP contribution is -2.24. The molecule has 0 saturated heterocycles. The van der Waals surface area contributed by atoms with Crippen LogP contribution in [0.3, 0.4) is 0 Å². The molecule has 14 nitrogen and oxygen atoms in total. The van der Waals surface area contributed by atoms with Gasteiger partial charge in [0.1, 0.15) is 5.75 Å². The molecule has 0 unspecified atom stereocenters. The summed E-state index contributed by atoms with van der Waals surface area (Å²) < 4.78 is 31.2. The van der Waals surface area contributed by atoms with Gasteiger partial charge in [0.2, 0.25) is 5.88 Å². The molecule has 0 spiro atoms. The first-order valence-electron chi connectivity index (χ1n) is 9.03. The lowest BCUT2D eigenvalue weighted by molar-refractivity contribution is -0.145. The van der Waals surface area contributed by atoms with Crippen molar-refractivity contribution in [2.24, 2.45) is 5.11 Å². The standard InChI is InChI=1S/C17H19N5O9S/c18-21-20-10-5-6-11(12(23)8-10)16(26)19-7-3-1-2-4-15(25)31-22-14(24)9-13(17(22)27)32(28,29)30/h5-6,8-9,23-24,27H,1-4,7H2,(H,19,26)(H,28,29,30). The third-order valence-electron chi connectivity index (χ3n) is 4.08. The Morgan fingerprint density at radius 2 is 1.88 bits per heavy atom. The first kappa shape index (κ1) is 24.3. The normalized spacial score (nSPS) is 10.9. The summed E-state index contributed by atoms with van der Waals surface area (Å²) in [7, 11) is -4.82. The van der Waals surface area contributed by atoms with E-state index in [0.717, 1.165) is 6.07 Å². The summed E-state index contributed by atoms with van der Waals surface area (Å²) in [4.78, 5) is 30.1. The van der Waals surface area contributed by atoms with Gasteiger partial charge in [-0.25, -0.2) is 4.79 Å². The SMILES string of the molecule is [N-]=[N+]=Nc1ccc(C(=O)NCCCCCC(=O)On2c(O)cc(S(=O)(=O)O)c2O)c(O)c1. The van der Waals surface area contributed by atoms with E-state index in [-0.39, 0.29) is 34.7 Å². The number of nitrogens with one attached hydrogen (secondary N) is 1. The average Bonchev–Trinajstić information content (AvgIpc) is 2.99. The zero-order valence-electron chi connectivity index (χ0n) is 16.4. The molecule has 32 heavy (non-hydrogen) atoms. The number of aromatic nitrogens is 1. The molecule has 0 fully saturated rings. The highest BCUT2D eigenvalue weighted by atomic mass is 32.2. The van der Waals surface area contributed by atoms with Gasteiger partial charge in [0, 0.05) is 29.6 Å². The summed E-state index contributed by atoms with van der Waals surface area (Å²) in [6.45, 7) is 0.238. The number of phenols is 1. The molecule has 1 aromatic carbocycles. The van der Waals surface area contributed by atoms with Crippen LogP contribution in [-0.4, -0.2) is 51.4 Å². The molecular formula is C17H19N5O9S. The fourth-order valence-corrected chi connectivity index (χ4v) is 3.14. The minimum absolute atomic E-state index is 0.000989. The molecule has 15 heteroatoms. The van der Waals surface area contributed by atoms with Gasteiger partial charge in [-0.1, -0.05) is 17.6 Å². The largest absolute Gasteiger partial charge is 0.507 e. The Bertz CT molecular complexity index is 1170. The number of aromatic hydroxyl groups is 3. The number of unbranched alkanes of at least 4 members (excludes halogenated alkanes) is 2. The van der Waals surface area contributed by atoms with Crippen LogP contribution in [0.15, 0.2) is 34.3 Å². The quantitative estimate of drug-likeness (QED) is 0.112. The topological polar surface area (TPSA) is 224 Å². The number of benzene rings is 1. The summed E-state index contributed by atoms with van der Waals surface area (Å²) in [5, 5.41) is 34.9. The number of amides is 1. The zero-order chi connectivity index (χ0) is 23.9. The van der Waals surface area contributed by atoms with Crippen molar-refractivity contribution in [3.63, 3.8) is 0 Å². The minimum Gasteiger partial charge on any atom is -0.507 e. The molecule has 172 valence electrons. The number of carbonyl (C=O) groups excluding carboxylic acids is 2. The third-order valence-corrected chi connectivity index (χ3v) is 4.94. The maximum atomic E-state index is 12.1. The van der Waals surface area contributed by atoms with E-state index in [2.05, 4.69) is 20.2 Å². The predicted molar refractivity (Wildman–Crippen MR) is 107 cm³/mol. The summed E-state index contributed by atoms with van der Waals surface area (Å²) in [6.07, 6.45) is 1.13. The number of carbonyl (C=O) groups is 2. The van der Waals surface area contributed by atoms with Crippen LogP contribution in [0, 0.1) is 0 Å². The van der Waals surface area contributed by atoms with Crippen molar-refractivity contribution < 1.29 is 42.7 Å². The molecule has 2 aromatic rings. The van der Waals surface area contributed by atoms with Crippen molar-refractivity contribution in [3.8, 4) is 17.5 Å². The number of rotatable bonds is 10. The van der Waals surface area contributed by atoms with Crippen LogP contribution >= 0.6 is 0 Å². The zero-order valence-corrected chi connectivity index (χ0v) is 17.2. The van der Waals surface area contributed by atoms with Crippen molar-refractivity contribution in [3.05, 3.63) is 40.3 Å². The molecule has 0 aliphatic rings. The van der Waals surface area contributed by atoms with Crippen LogP contribution in [0.25, 0.3) is 10.4 Å². The first-order valence-corrected chi connectivity index (χ1v) is 10.5. The molecule has 1 heterocycles. The lowest BCUT2D eigenvalue weighted by Gasteiger charge is -2.08. The molecule has 0 saturated carbocycles. The highest BCUT2D eigenvalue weighted by Gasteiger charge is 2.25. The van der Waals surface area contributed by atoms with Gasteiger partial charge in [0.25, 0.3) is 21.9 Å². The van der Waals surface area contributed by atoms with Crippen LogP contribution in [-0.2, 0) is 14.9 Å². The van der Waals surface area contributed by atoms with E-state index in [1.807, 2.05) is 0 Å². The molecule has 0 aliphatic heterocycles.